The lowest BCUT2D eigenvalue weighted by Gasteiger charge is -2.08. The van der Waals surface area contributed by atoms with Crippen LogP contribution in [0.2, 0.25) is 0 Å². The van der Waals surface area contributed by atoms with Gasteiger partial charge in [-0.05, 0) is 67.1 Å². The Bertz CT molecular complexity index is 878. The topological polar surface area (TPSA) is 51.2 Å². The molecule has 0 bridgehead atoms. The first-order valence-electron chi connectivity index (χ1n) is 9.45. The lowest BCUT2D eigenvalue weighted by atomic mass is 10.1. The minimum atomic E-state index is -0.304. The molecule has 1 aromatic heterocycles. The molecular weight excluding hydrogens is 355 g/mol. The molecule has 0 saturated heterocycles. The maximum absolute atomic E-state index is 12.9. The van der Waals surface area contributed by atoms with Crippen molar-refractivity contribution in [3.63, 3.8) is 0 Å². The number of hydrogen-bond acceptors (Lipinski definition) is 3. The molecule has 0 saturated carbocycles. The molecular formula is C23H25FN2O2. The number of halogens is 1. The minimum absolute atomic E-state index is 0.176. The summed E-state index contributed by atoms with van der Waals surface area (Å²) in [6, 6.07) is 18.6. The number of amides is 1. The Kier molecular flexibility index (Phi) is 8.15. The molecule has 0 fully saturated rings. The number of aromatic nitrogens is 1. The Morgan fingerprint density at radius 3 is 2.18 bits per heavy atom. The van der Waals surface area contributed by atoms with Crippen LogP contribution in [0.1, 0.15) is 37.7 Å². The van der Waals surface area contributed by atoms with E-state index < -0.39 is 0 Å². The van der Waals surface area contributed by atoms with E-state index in [1.807, 2.05) is 57.2 Å². The van der Waals surface area contributed by atoms with Crippen molar-refractivity contribution < 1.29 is 13.9 Å². The molecule has 5 heteroatoms. The van der Waals surface area contributed by atoms with Gasteiger partial charge in [-0.1, -0.05) is 26.8 Å². The van der Waals surface area contributed by atoms with Crippen molar-refractivity contribution in [1.82, 2.24) is 10.3 Å². The summed E-state index contributed by atoms with van der Waals surface area (Å²) in [5, 5.41) is 2.82. The van der Waals surface area contributed by atoms with Crippen molar-refractivity contribution in [1.29, 1.82) is 0 Å². The third-order valence-corrected chi connectivity index (χ3v) is 3.72. The fraction of sp³-hybridized carbons (Fsp3) is 0.217. The standard InChI is InChI=1S/C21H19FN2O2.C2H6/c1-2-14-23-21(25)20-5-3-4-19(24-20)15-6-10-17(11-7-15)26-18-12-8-16(22)9-13-18;1-2/h3-13H,2,14H2,1H3,(H,23,25);1-2H3. The van der Waals surface area contributed by atoms with Crippen LogP contribution < -0.4 is 10.1 Å². The molecule has 1 heterocycles. The first kappa shape index (κ1) is 21.1. The molecule has 146 valence electrons. The van der Waals surface area contributed by atoms with E-state index in [4.69, 9.17) is 4.74 Å². The molecule has 0 atom stereocenters. The van der Waals surface area contributed by atoms with Gasteiger partial charge in [0.15, 0.2) is 0 Å². The van der Waals surface area contributed by atoms with Gasteiger partial charge in [-0.3, -0.25) is 4.79 Å². The average Bonchev–Trinajstić information content (AvgIpc) is 2.75. The van der Waals surface area contributed by atoms with Gasteiger partial charge in [-0.25, -0.2) is 9.37 Å². The van der Waals surface area contributed by atoms with Gasteiger partial charge >= 0.3 is 0 Å². The summed E-state index contributed by atoms with van der Waals surface area (Å²) in [7, 11) is 0. The molecule has 3 aromatic rings. The maximum Gasteiger partial charge on any atom is 0.269 e. The van der Waals surface area contributed by atoms with Crippen LogP contribution in [0.25, 0.3) is 11.3 Å². The number of carbonyl (C=O) groups is 1. The van der Waals surface area contributed by atoms with Crippen LogP contribution in [0.3, 0.4) is 0 Å². The Morgan fingerprint density at radius 2 is 1.57 bits per heavy atom. The molecule has 0 aliphatic rings. The van der Waals surface area contributed by atoms with Crippen LogP contribution in [0.4, 0.5) is 4.39 Å². The molecule has 0 spiro atoms. The number of nitrogens with zero attached hydrogens (tertiary/aromatic N) is 1. The number of carbonyl (C=O) groups excluding carboxylic acids is 1. The molecule has 0 aliphatic heterocycles. The van der Waals surface area contributed by atoms with Crippen LogP contribution in [0.15, 0.2) is 66.7 Å². The summed E-state index contributed by atoms with van der Waals surface area (Å²) in [5.74, 6) is 0.718. The van der Waals surface area contributed by atoms with E-state index in [1.54, 1.807) is 18.2 Å². The summed E-state index contributed by atoms with van der Waals surface area (Å²) in [6.07, 6.45) is 0.876. The smallest absolute Gasteiger partial charge is 0.269 e. The lowest BCUT2D eigenvalue weighted by molar-refractivity contribution is 0.0949. The zero-order valence-electron chi connectivity index (χ0n) is 16.4. The van der Waals surface area contributed by atoms with Gasteiger partial charge in [0, 0.05) is 12.1 Å². The van der Waals surface area contributed by atoms with Gasteiger partial charge in [-0.15, -0.1) is 0 Å². The predicted molar refractivity (Wildman–Crippen MR) is 110 cm³/mol. The number of pyridine rings is 1. The molecule has 1 N–H and O–H groups in total. The summed E-state index contributed by atoms with van der Waals surface area (Å²) in [6.45, 7) is 6.62. The number of benzene rings is 2. The van der Waals surface area contributed by atoms with Crippen LogP contribution in [-0.4, -0.2) is 17.4 Å². The van der Waals surface area contributed by atoms with Crippen molar-refractivity contribution in [3.05, 3.63) is 78.2 Å². The highest BCUT2D eigenvalue weighted by molar-refractivity contribution is 5.92. The summed E-state index contributed by atoms with van der Waals surface area (Å²) < 4.78 is 18.6. The van der Waals surface area contributed by atoms with E-state index in [-0.39, 0.29) is 11.7 Å². The minimum Gasteiger partial charge on any atom is -0.457 e. The number of rotatable bonds is 6. The van der Waals surface area contributed by atoms with Gasteiger partial charge in [0.2, 0.25) is 0 Å². The highest BCUT2D eigenvalue weighted by Gasteiger charge is 2.08. The molecule has 0 radical (unpaired) electrons. The molecule has 3 rings (SSSR count). The van der Waals surface area contributed by atoms with Crippen molar-refractivity contribution in [2.75, 3.05) is 6.54 Å². The van der Waals surface area contributed by atoms with Crippen LogP contribution in [0, 0.1) is 5.82 Å². The molecule has 2 aromatic carbocycles. The van der Waals surface area contributed by atoms with Gasteiger partial charge < -0.3 is 10.1 Å². The second-order valence-electron chi connectivity index (χ2n) is 5.74. The van der Waals surface area contributed by atoms with E-state index in [0.717, 1.165) is 12.0 Å². The van der Waals surface area contributed by atoms with E-state index in [9.17, 15) is 9.18 Å². The number of hydrogen-bond donors (Lipinski definition) is 1. The first-order valence-corrected chi connectivity index (χ1v) is 9.45. The van der Waals surface area contributed by atoms with E-state index in [1.165, 1.54) is 12.1 Å². The fourth-order valence-corrected chi connectivity index (χ4v) is 2.38. The zero-order valence-corrected chi connectivity index (χ0v) is 16.4. The second-order valence-corrected chi connectivity index (χ2v) is 5.74. The second kappa shape index (κ2) is 10.8. The highest BCUT2D eigenvalue weighted by atomic mass is 19.1. The van der Waals surface area contributed by atoms with Crippen LogP contribution in [0.5, 0.6) is 11.5 Å². The Hall–Kier alpha value is -3.21. The normalized spacial score (nSPS) is 9.86. The van der Waals surface area contributed by atoms with Crippen molar-refractivity contribution in [2.45, 2.75) is 27.2 Å². The van der Waals surface area contributed by atoms with Gasteiger partial charge in [0.05, 0.1) is 5.69 Å². The molecule has 0 unspecified atom stereocenters. The Balaban J connectivity index is 0.00000136. The lowest BCUT2D eigenvalue weighted by Crippen LogP contribution is -2.24. The fourth-order valence-electron chi connectivity index (χ4n) is 2.38. The van der Waals surface area contributed by atoms with E-state index in [0.29, 0.717) is 29.4 Å². The SMILES string of the molecule is CC.CCCNC(=O)c1cccc(-c2ccc(Oc3ccc(F)cc3)cc2)n1. The summed E-state index contributed by atoms with van der Waals surface area (Å²) in [5.41, 5.74) is 1.98. The molecule has 28 heavy (non-hydrogen) atoms. The predicted octanol–water partition coefficient (Wildman–Crippen LogP) is 5.85. The van der Waals surface area contributed by atoms with E-state index in [2.05, 4.69) is 10.3 Å². The van der Waals surface area contributed by atoms with Crippen molar-refractivity contribution in [3.8, 4) is 22.8 Å². The third-order valence-electron chi connectivity index (χ3n) is 3.72. The molecule has 4 nitrogen and oxygen atoms in total. The zero-order chi connectivity index (χ0) is 20.4. The Labute approximate surface area is 165 Å². The Morgan fingerprint density at radius 1 is 0.964 bits per heavy atom. The summed E-state index contributed by atoms with van der Waals surface area (Å²) >= 11 is 0. The van der Waals surface area contributed by atoms with Gasteiger partial charge in [-0.2, -0.15) is 0 Å². The molecule has 1 amide bonds. The van der Waals surface area contributed by atoms with E-state index >= 15 is 0 Å². The quantitative estimate of drug-likeness (QED) is 0.584. The van der Waals surface area contributed by atoms with Crippen molar-refractivity contribution in [2.24, 2.45) is 0 Å². The number of ether oxygens (including phenoxy) is 1. The maximum atomic E-state index is 12.9. The average molecular weight is 380 g/mol. The number of nitrogens with one attached hydrogen (secondary N) is 1. The summed E-state index contributed by atoms with van der Waals surface area (Å²) in [4.78, 5) is 16.5. The molecule has 0 aliphatic carbocycles. The van der Waals surface area contributed by atoms with Crippen LogP contribution >= 0.6 is 0 Å². The highest BCUT2D eigenvalue weighted by Crippen LogP contribution is 2.25. The van der Waals surface area contributed by atoms with Crippen molar-refractivity contribution >= 4 is 5.91 Å². The first-order chi connectivity index (χ1) is 13.7. The monoisotopic (exact) mass is 380 g/mol. The third kappa shape index (κ3) is 5.91. The van der Waals surface area contributed by atoms with Gasteiger partial charge in [0.1, 0.15) is 23.0 Å². The largest absolute Gasteiger partial charge is 0.457 e. The van der Waals surface area contributed by atoms with Crippen LogP contribution in [-0.2, 0) is 0 Å². The van der Waals surface area contributed by atoms with Gasteiger partial charge in [0.25, 0.3) is 5.91 Å².